The molecule has 0 unspecified atom stereocenters. The van der Waals surface area contributed by atoms with Crippen LogP contribution in [0.1, 0.15) is 18.4 Å². The second kappa shape index (κ2) is 10.7. The molecule has 2 aromatic rings. The highest BCUT2D eigenvalue weighted by atomic mass is 35.5. The van der Waals surface area contributed by atoms with Gasteiger partial charge in [-0.15, -0.1) is 0 Å². The maximum atomic E-state index is 12.8. The SMILES string of the molecule is COCCCCN(Cc1ccccc1)C(=O)Nc1ccc(OC)cc1Cl. The topological polar surface area (TPSA) is 50.8 Å². The summed E-state index contributed by atoms with van der Waals surface area (Å²) >= 11 is 6.23. The van der Waals surface area contributed by atoms with Gasteiger partial charge in [-0.1, -0.05) is 41.9 Å². The first-order chi connectivity index (χ1) is 12.6. The van der Waals surface area contributed by atoms with Gasteiger partial charge in [0.2, 0.25) is 0 Å². The molecule has 0 spiro atoms. The van der Waals surface area contributed by atoms with Crippen LogP contribution in [0.15, 0.2) is 48.5 Å². The fourth-order valence-corrected chi connectivity index (χ4v) is 2.74. The number of urea groups is 1. The van der Waals surface area contributed by atoms with Crippen LogP contribution in [0, 0.1) is 0 Å². The number of hydrogen-bond acceptors (Lipinski definition) is 3. The van der Waals surface area contributed by atoms with Crippen molar-refractivity contribution in [3.05, 3.63) is 59.1 Å². The van der Waals surface area contributed by atoms with Gasteiger partial charge in [-0.25, -0.2) is 4.79 Å². The van der Waals surface area contributed by atoms with E-state index in [1.165, 1.54) is 0 Å². The molecule has 2 aromatic carbocycles. The lowest BCUT2D eigenvalue weighted by Crippen LogP contribution is -2.35. The third-order valence-corrected chi connectivity index (χ3v) is 4.26. The van der Waals surface area contributed by atoms with Gasteiger partial charge >= 0.3 is 6.03 Å². The summed E-state index contributed by atoms with van der Waals surface area (Å²) in [6.45, 7) is 1.86. The molecule has 0 aliphatic rings. The molecule has 0 aliphatic carbocycles. The minimum atomic E-state index is -0.182. The molecule has 2 rings (SSSR count). The Morgan fingerprint density at radius 1 is 1.12 bits per heavy atom. The Morgan fingerprint density at radius 3 is 2.54 bits per heavy atom. The normalized spacial score (nSPS) is 10.4. The predicted octanol–water partition coefficient (Wildman–Crippen LogP) is 4.81. The van der Waals surface area contributed by atoms with E-state index in [9.17, 15) is 4.79 Å². The minimum Gasteiger partial charge on any atom is -0.497 e. The molecular weight excluding hydrogens is 352 g/mol. The zero-order valence-corrected chi connectivity index (χ0v) is 16.0. The van der Waals surface area contributed by atoms with E-state index < -0.39 is 0 Å². The molecule has 0 fully saturated rings. The summed E-state index contributed by atoms with van der Waals surface area (Å²) < 4.78 is 10.2. The van der Waals surface area contributed by atoms with Crippen molar-refractivity contribution in [1.82, 2.24) is 4.90 Å². The number of unbranched alkanes of at least 4 members (excludes halogenated alkanes) is 1. The van der Waals surface area contributed by atoms with Gasteiger partial charge in [-0.3, -0.25) is 0 Å². The highest BCUT2D eigenvalue weighted by Crippen LogP contribution is 2.27. The van der Waals surface area contributed by atoms with E-state index >= 15 is 0 Å². The van der Waals surface area contributed by atoms with Crippen molar-refractivity contribution in [3.63, 3.8) is 0 Å². The van der Waals surface area contributed by atoms with Gasteiger partial charge in [0, 0.05) is 32.9 Å². The summed E-state index contributed by atoms with van der Waals surface area (Å²) in [6, 6.07) is 14.9. The van der Waals surface area contributed by atoms with Crippen molar-refractivity contribution >= 4 is 23.3 Å². The second-order valence-corrected chi connectivity index (χ2v) is 6.29. The number of amides is 2. The van der Waals surface area contributed by atoms with Gasteiger partial charge in [-0.2, -0.15) is 0 Å². The number of halogens is 1. The molecule has 0 radical (unpaired) electrons. The molecule has 0 saturated carbocycles. The van der Waals surface area contributed by atoms with E-state index in [4.69, 9.17) is 21.1 Å². The van der Waals surface area contributed by atoms with Crippen LogP contribution >= 0.6 is 11.6 Å². The average molecular weight is 377 g/mol. The van der Waals surface area contributed by atoms with Crippen molar-refractivity contribution in [1.29, 1.82) is 0 Å². The monoisotopic (exact) mass is 376 g/mol. The van der Waals surface area contributed by atoms with Crippen LogP contribution in [0.5, 0.6) is 5.75 Å². The lowest BCUT2D eigenvalue weighted by Gasteiger charge is -2.23. The standard InChI is InChI=1S/C20H25ClN2O3/c1-25-13-7-6-12-23(15-16-8-4-3-5-9-16)20(24)22-19-11-10-17(26-2)14-18(19)21/h3-5,8-11,14H,6-7,12-13,15H2,1-2H3,(H,22,24). The number of methoxy groups -OCH3 is 2. The molecule has 2 amide bonds. The highest BCUT2D eigenvalue weighted by Gasteiger charge is 2.15. The maximum Gasteiger partial charge on any atom is 0.322 e. The van der Waals surface area contributed by atoms with Crippen LogP contribution in [0.3, 0.4) is 0 Å². The van der Waals surface area contributed by atoms with Crippen LogP contribution in [0.25, 0.3) is 0 Å². The first-order valence-electron chi connectivity index (χ1n) is 8.56. The van der Waals surface area contributed by atoms with Crippen LogP contribution in [0.2, 0.25) is 5.02 Å². The number of carbonyl (C=O) groups excluding carboxylic acids is 1. The van der Waals surface area contributed by atoms with Crippen LogP contribution in [0.4, 0.5) is 10.5 Å². The molecule has 26 heavy (non-hydrogen) atoms. The van der Waals surface area contributed by atoms with E-state index in [-0.39, 0.29) is 6.03 Å². The quantitative estimate of drug-likeness (QED) is 0.639. The molecule has 1 N–H and O–H groups in total. The second-order valence-electron chi connectivity index (χ2n) is 5.88. The summed E-state index contributed by atoms with van der Waals surface area (Å²) in [7, 11) is 3.26. The van der Waals surface area contributed by atoms with E-state index in [0.717, 1.165) is 18.4 Å². The molecule has 140 valence electrons. The smallest absolute Gasteiger partial charge is 0.322 e. The zero-order valence-electron chi connectivity index (χ0n) is 15.2. The number of carbonyl (C=O) groups is 1. The summed E-state index contributed by atoms with van der Waals surface area (Å²) in [5.74, 6) is 0.647. The number of anilines is 1. The Hall–Kier alpha value is -2.24. The van der Waals surface area contributed by atoms with Gasteiger partial charge in [0.15, 0.2) is 0 Å². The van der Waals surface area contributed by atoms with Gasteiger partial charge in [-0.05, 0) is 30.5 Å². The van der Waals surface area contributed by atoms with Crippen molar-refractivity contribution in [2.75, 3.05) is 32.7 Å². The van der Waals surface area contributed by atoms with E-state index in [1.807, 2.05) is 30.3 Å². The average Bonchev–Trinajstić information content (AvgIpc) is 2.66. The largest absolute Gasteiger partial charge is 0.497 e. The van der Waals surface area contributed by atoms with Crippen molar-refractivity contribution in [2.45, 2.75) is 19.4 Å². The number of rotatable bonds is 9. The Labute approximate surface area is 159 Å². The fourth-order valence-electron chi connectivity index (χ4n) is 2.52. The molecule has 0 heterocycles. The maximum absolute atomic E-state index is 12.8. The molecule has 0 aliphatic heterocycles. The third-order valence-electron chi connectivity index (χ3n) is 3.95. The van der Waals surface area contributed by atoms with Crippen molar-refractivity contribution in [2.24, 2.45) is 0 Å². The van der Waals surface area contributed by atoms with Crippen molar-refractivity contribution in [3.8, 4) is 5.75 Å². The summed E-state index contributed by atoms with van der Waals surface area (Å²) in [4.78, 5) is 14.6. The zero-order chi connectivity index (χ0) is 18.8. The van der Waals surface area contributed by atoms with Crippen LogP contribution in [-0.4, -0.2) is 38.3 Å². The number of ether oxygens (including phenoxy) is 2. The molecule has 0 saturated heterocycles. The Balaban J connectivity index is 2.06. The summed E-state index contributed by atoms with van der Waals surface area (Å²) in [5.41, 5.74) is 1.64. The number of hydrogen-bond donors (Lipinski definition) is 1. The van der Waals surface area contributed by atoms with Crippen LogP contribution < -0.4 is 10.1 Å². The molecule has 0 atom stereocenters. The number of nitrogens with zero attached hydrogens (tertiary/aromatic N) is 1. The molecule has 6 heteroatoms. The lowest BCUT2D eigenvalue weighted by molar-refractivity contribution is 0.182. The number of benzene rings is 2. The van der Waals surface area contributed by atoms with Crippen molar-refractivity contribution < 1.29 is 14.3 Å². The van der Waals surface area contributed by atoms with E-state index in [0.29, 0.717) is 36.2 Å². The predicted molar refractivity (Wildman–Crippen MR) is 105 cm³/mol. The first-order valence-corrected chi connectivity index (χ1v) is 8.94. The van der Waals surface area contributed by atoms with E-state index in [1.54, 1.807) is 37.3 Å². The third kappa shape index (κ3) is 6.24. The summed E-state index contributed by atoms with van der Waals surface area (Å²) in [5, 5.41) is 3.33. The molecular formula is C20H25ClN2O3. The van der Waals surface area contributed by atoms with Gasteiger partial charge in [0.1, 0.15) is 5.75 Å². The van der Waals surface area contributed by atoms with Crippen LogP contribution in [-0.2, 0) is 11.3 Å². The lowest BCUT2D eigenvalue weighted by atomic mass is 10.2. The minimum absolute atomic E-state index is 0.182. The first kappa shape index (κ1) is 20.1. The Morgan fingerprint density at radius 2 is 1.88 bits per heavy atom. The highest BCUT2D eigenvalue weighted by molar-refractivity contribution is 6.33. The van der Waals surface area contributed by atoms with Gasteiger partial charge < -0.3 is 19.7 Å². The molecule has 5 nitrogen and oxygen atoms in total. The van der Waals surface area contributed by atoms with Gasteiger partial charge in [0.05, 0.1) is 17.8 Å². The molecule has 0 aromatic heterocycles. The Kier molecular flexibility index (Phi) is 8.25. The van der Waals surface area contributed by atoms with Gasteiger partial charge in [0.25, 0.3) is 0 Å². The number of nitrogens with one attached hydrogen (secondary N) is 1. The summed E-state index contributed by atoms with van der Waals surface area (Å²) in [6.07, 6.45) is 1.77. The van der Waals surface area contributed by atoms with E-state index in [2.05, 4.69) is 5.32 Å². The molecule has 0 bridgehead atoms. The fraction of sp³-hybridized carbons (Fsp3) is 0.350. The Bertz CT molecular complexity index is 695.